The molecular weight excluding hydrogens is 516 g/mol. The van der Waals surface area contributed by atoms with Crippen molar-refractivity contribution in [3.05, 3.63) is 59.2 Å². The molecule has 2 aromatic carbocycles. The van der Waals surface area contributed by atoms with Gasteiger partial charge in [-0.1, -0.05) is 12.1 Å². The van der Waals surface area contributed by atoms with Crippen LogP contribution in [-0.4, -0.2) is 77.1 Å². The number of hydrogen-bond acceptors (Lipinski definition) is 11. The summed E-state index contributed by atoms with van der Waals surface area (Å²) in [6.45, 7) is 0. The van der Waals surface area contributed by atoms with Gasteiger partial charge in [0, 0.05) is 24.5 Å². The number of phenolic OH excluding ortho intramolecular Hbond substituents is 4. The molecule has 0 aromatic heterocycles. The molecule has 2 aromatic rings. The maximum atomic E-state index is 13.0. The Kier molecular flexibility index (Phi) is 7.27. The van der Waals surface area contributed by atoms with E-state index in [9.17, 15) is 50.1 Å². The van der Waals surface area contributed by atoms with Gasteiger partial charge >= 0.3 is 17.9 Å². The Morgan fingerprint density at radius 2 is 1.56 bits per heavy atom. The van der Waals surface area contributed by atoms with Crippen molar-refractivity contribution < 1.29 is 59.6 Å². The van der Waals surface area contributed by atoms with Gasteiger partial charge in [0.25, 0.3) is 0 Å². The van der Waals surface area contributed by atoms with Crippen LogP contribution in [0.15, 0.2) is 48.0 Å². The Morgan fingerprint density at radius 1 is 0.949 bits per heavy atom. The van der Waals surface area contributed by atoms with Gasteiger partial charge in [0.2, 0.25) is 0 Å². The van der Waals surface area contributed by atoms with Crippen molar-refractivity contribution in [3.8, 4) is 23.0 Å². The van der Waals surface area contributed by atoms with E-state index in [1.54, 1.807) is 0 Å². The molecule has 1 aliphatic carbocycles. The Bertz CT molecular complexity index is 1380. The Morgan fingerprint density at radius 3 is 2.15 bits per heavy atom. The number of carbonyl (C=O) groups excluding carboxylic acids is 2. The van der Waals surface area contributed by atoms with Gasteiger partial charge in [-0.3, -0.25) is 0 Å². The number of hydrogen-bond donors (Lipinski definition) is 7. The van der Waals surface area contributed by atoms with Gasteiger partial charge in [0.05, 0.1) is 0 Å². The van der Waals surface area contributed by atoms with Crippen LogP contribution in [0.2, 0.25) is 0 Å². The highest BCUT2D eigenvalue weighted by Gasteiger charge is 2.62. The van der Waals surface area contributed by atoms with Crippen molar-refractivity contribution in [1.29, 1.82) is 0 Å². The van der Waals surface area contributed by atoms with Crippen LogP contribution in [0.5, 0.6) is 23.0 Å². The number of carbonyl (C=O) groups is 3. The lowest BCUT2D eigenvalue weighted by molar-refractivity contribution is -0.244. The molecule has 12 heteroatoms. The summed E-state index contributed by atoms with van der Waals surface area (Å²) >= 11 is 0. The first kappa shape index (κ1) is 27.5. The molecule has 206 valence electrons. The monoisotopic (exact) mass is 542 g/mol. The number of esters is 2. The molecule has 2 aliphatic rings. The number of rotatable bonds is 5. The highest BCUT2D eigenvalue weighted by molar-refractivity contribution is 5.95. The minimum atomic E-state index is -2.46. The lowest BCUT2D eigenvalue weighted by Crippen LogP contribution is -2.67. The molecule has 1 saturated heterocycles. The van der Waals surface area contributed by atoms with E-state index < -0.39 is 65.7 Å². The third-order valence-electron chi connectivity index (χ3n) is 6.90. The van der Waals surface area contributed by atoms with Gasteiger partial charge in [-0.15, -0.1) is 0 Å². The minimum absolute atomic E-state index is 0.0136. The Labute approximate surface area is 221 Å². The zero-order valence-electron chi connectivity index (χ0n) is 20.4. The van der Waals surface area contributed by atoms with Crippen LogP contribution in [-0.2, 0) is 23.9 Å². The fourth-order valence-corrected chi connectivity index (χ4v) is 4.72. The van der Waals surface area contributed by atoms with Crippen LogP contribution < -0.4 is 0 Å². The second-order valence-electron chi connectivity index (χ2n) is 9.53. The van der Waals surface area contributed by atoms with E-state index in [1.807, 2.05) is 0 Å². The predicted molar refractivity (Wildman–Crippen MR) is 132 cm³/mol. The van der Waals surface area contributed by atoms with E-state index in [2.05, 4.69) is 0 Å². The van der Waals surface area contributed by atoms with Gasteiger partial charge in [0.1, 0.15) is 12.2 Å². The number of aliphatic hydroxyl groups is 2. The molecule has 1 heterocycles. The predicted octanol–water partition coefficient (Wildman–Crippen LogP) is 1.56. The summed E-state index contributed by atoms with van der Waals surface area (Å²) in [5.41, 5.74) is -3.47. The van der Waals surface area contributed by atoms with Gasteiger partial charge in [-0.2, -0.15) is 0 Å². The zero-order chi connectivity index (χ0) is 28.5. The molecule has 1 spiro atoms. The summed E-state index contributed by atoms with van der Waals surface area (Å²) in [4.78, 5) is 37.4. The van der Waals surface area contributed by atoms with Crippen molar-refractivity contribution >= 4 is 30.1 Å². The summed E-state index contributed by atoms with van der Waals surface area (Å²) in [6, 6.07) is 7.70. The molecule has 39 heavy (non-hydrogen) atoms. The number of benzene rings is 2. The maximum absolute atomic E-state index is 13.0. The molecule has 0 amide bonds. The average molecular weight is 542 g/mol. The van der Waals surface area contributed by atoms with Crippen LogP contribution in [0.3, 0.4) is 0 Å². The van der Waals surface area contributed by atoms with E-state index in [-0.39, 0.29) is 29.9 Å². The Balaban J connectivity index is 1.59. The lowest BCUT2D eigenvalue weighted by Gasteiger charge is -2.51. The van der Waals surface area contributed by atoms with Crippen molar-refractivity contribution in [2.45, 2.75) is 49.1 Å². The summed E-state index contributed by atoms with van der Waals surface area (Å²) in [5, 5.41) is 69.3. The summed E-state index contributed by atoms with van der Waals surface area (Å²) < 4.78 is 11.0. The largest absolute Gasteiger partial charge is 0.504 e. The number of aliphatic hydroxyl groups excluding tert-OH is 1. The smallest absolute Gasteiger partial charge is 0.335 e. The molecule has 4 rings (SSSR count). The van der Waals surface area contributed by atoms with Crippen LogP contribution in [0.4, 0.5) is 0 Å². The van der Waals surface area contributed by atoms with Crippen LogP contribution >= 0.6 is 0 Å². The molecule has 0 bridgehead atoms. The molecule has 1 aliphatic heterocycles. The van der Waals surface area contributed by atoms with E-state index in [1.165, 1.54) is 48.6 Å². The zero-order valence-corrected chi connectivity index (χ0v) is 20.4. The first-order valence-electron chi connectivity index (χ1n) is 11.8. The summed E-state index contributed by atoms with van der Waals surface area (Å²) in [7, 11) is 0. The van der Waals surface area contributed by atoms with Crippen molar-refractivity contribution in [2.75, 3.05) is 0 Å². The van der Waals surface area contributed by atoms with Crippen molar-refractivity contribution in [1.82, 2.24) is 0 Å². The molecule has 7 N–H and O–H groups in total. The molecule has 2 fully saturated rings. The minimum Gasteiger partial charge on any atom is -0.504 e. The molecule has 1 saturated carbocycles. The van der Waals surface area contributed by atoms with E-state index >= 15 is 0 Å². The molecule has 4 unspecified atom stereocenters. The molecule has 4 atom stereocenters. The Hall–Kier alpha value is -4.55. The fraction of sp³-hybridized carbons (Fsp3) is 0.296. The summed E-state index contributed by atoms with van der Waals surface area (Å²) in [5.74, 6) is -5.08. The average Bonchev–Trinajstić information content (AvgIpc) is 2.87. The third kappa shape index (κ3) is 5.52. The van der Waals surface area contributed by atoms with E-state index in [0.29, 0.717) is 11.1 Å². The molecule has 12 nitrogen and oxygen atoms in total. The number of carboxylic acid groups (broad SMARTS) is 1. The van der Waals surface area contributed by atoms with Crippen LogP contribution in [0.25, 0.3) is 12.2 Å². The third-order valence-corrected chi connectivity index (χ3v) is 6.90. The van der Waals surface area contributed by atoms with Gasteiger partial charge < -0.3 is 45.2 Å². The van der Waals surface area contributed by atoms with Gasteiger partial charge in [-0.25, -0.2) is 14.4 Å². The van der Waals surface area contributed by atoms with E-state index in [0.717, 1.165) is 6.08 Å². The lowest BCUT2D eigenvalue weighted by atomic mass is 9.68. The fourth-order valence-electron chi connectivity index (χ4n) is 4.72. The number of carboxylic acids is 1. The number of ether oxygens (including phenoxy) is 2. The quantitative estimate of drug-likeness (QED) is 0.163. The number of aromatic hydroxyl groups is 4. The van der Waals surface area contributed by atoms with Crippen LogP contribution in [0, 0.1) is 0 Å². The highest BCUT2D eigenvalue weighted by atomic mass is 16.6. The maximum Gasteiger partial charge on any atom is 0.335 e. The first-order chi connectivity index (χ1) is 18.3. The standard InChI is InChI=1S/C27H26O12/c28-17-4-1-14(10-19(17)30)3-6-23(33)38-22-13-26(37,25(35)36)12-21(32)27(22)8-7-16(24(34)39-27)9-15-2-5-18(29)20(31)11-15/h1-6,9-11,21-22,28-32,37H,7-8,12-13H2,(H,35,36). The SMILES string of the molecule is O=C(C=Cc1ccc(O)c(O)c1)OC1CC(O)(C(=O)O)CC(O)C12CCC(=Cc1ccc(O)c(O)c1)C(=O)O2. The normalized spacial score (nSPS) is 27.9. The number of phenols is 4. The second-order valence-corrected chi connectivity index (χ2v) is 9.53. The van der Waals surface area contributed by atoms with E-state index in [4.69, 9.17) is 9.47 Å². The second kappa shape index (κ2) is 10.3. The molecular formula is C27H26O12. The molecule has 0 radical (unpaired) electrons. The van der Waals surface area contributed by atoms with Gasteiger partial charge in [0.15, 0.2) is 34.2 Å². The van der Waals surface area contributed by atoms with Crippen molar-refractivity contribution in [3.63, 3.8) is 0 Å². The van der Waals surface area contributed by atoms with Crippen molar-refractivity contribution in [2.24, 2.45) is 0 Å². The van der Waals surface area contributed by atoms with Crippen LogP contribution in [0.1, 0.15) is 36.8 Å². The highest BCUT2D eigenvalue weighted by Crippen LogP contribution is 2.46. The number of aliphatic carboxylic acids is 1. The van der Waals surface area contributed by atoms with Gasteiger partial charge in [-0.05, 0) is 60.4 Å². The first-order valence-corrected chi connectivity index (χ1v) is 11.8. The topological polar surface area (TPSA) is 211 Å². The summed E-state index contributed by atoms with van der Waals surface area (Å²) in [6.07, 6.45) is -1.06.